The number of amides is 2. The quantitative estimate of drug-likeness (QED) is 0.231. The van der Waals surface area contributed by atoms with Gasteiger partial charge in [0.2, 0.25) is 5.91 Å². The van der Waals surface area contributed by atoms with Crippen LogP contribution in [0.25, 0.3) is 33.4 Å². The lowest BCUT2D eigenvalue weighted by molar-refractivity contribution is -0.155. The molecule has 1 saturated carbocycles. The third-order valence-electron chi connectivity index (χ3n) is 11.0. The molecular formula is C40H50N6O6S. The molecule has 53 heavy (non-hydrogen) atoms. The van der Waals surface area contributed by atoms with Crippen molar-refractivity contribution in [2.75, 3.05) is 27.4 Å². The molecule has 1 aliphatic carbocycles. The second-order valence-electron chi connectivity index (χ2n) is 15.3. The van der Waals surface area contributed by atoms with Crippen molar-refractivity contribution in [3.63, 3.8) is 0 Å². The Morgan fingerprint density at radius 3 is 2.77 bits per heavy atom. The van der Waals surface area contributed by atoms with E-state index in [1.54, 1.807) is 20.4 Å². The fraction of sp³-hybridized carbons (Fsp3) is 0.525. The summed E-state index contributed by atoms with van der Waals surface area (Å²) in [5.41, 5.74) is 9.62. The van der Waals surface area contributed by atoms with Crippen LogP contribution in [0.5, 0.6) is 0 Å². The van der Waals surface area contributed by atoms with Gasteiger partial charge in [0.25, 0.3) is 5.91 Å². The van der Waals surface area contributed by atoms with E-state index in [4.69, 9.17) is 24.2 Å². The van der Waals surface area contributed by atoms with Crippen molar-refractivity contribution in [2.45, 2.75) is 97.1 Å². The predicted octanol–water partition coefficient (Wildman–Crippen LogP) is 5.63. The van der Waals surface area contributed by atoms with Gasteiger partial charge in [-0.2, -0.15) is 0 Å². The van der Waals surface area contributed by atoms with Gasteiger partial charge in [-0.05, 0) is 75.8 Å². The van der Waals surface area contributed by atoms with Gasteiger partial charge in [0.1, 0.15) is 12.1 Å². The van der Waals surface area contributed by atoms with Gasteiger partial charge in [-0.3, -0.25) is 24.4 Å². The molecule has 7 rings (SSSR count). The Balaban J connectivity index is 1.33. The first kappa shape index (κ1) is 37.2. The number of cyclic esters (lactones) is 1. The highest BCUT2D eigenvalue weighted by Crippen LogP contribution is 2.42. The summed E-state index contributed by atoms with van der Waals surface area (Å²) < 4.78 is 19.6. The average Bonchev–Trinajstić information content (AvgIpc) is 3.73. The van der Waals surface area contributed by atoms with Crippen molar-refractivity contribution >= 4 is 40.0 Å². The number of fused-ring (bicyclic) bond motifs is 6. The minimum absolute atomic E-state index is 0.0530. The van der Waals surface area contributed by atoms with Crippen molar-refractivity contribution in [3.05, 3.63) is 58.2 Å². The predicted molar refractivity (Wildman–Crippen MR) is 203 cm³/mol. The van der Waals surface area contributed by atoms with E-state index in [9.17, 15) is 14.4 Å². The van der Waals surface area contributed by atoms with Gasteiger partial charge < -0.3 is 24.1 Å². The van der Waals surface area contributed by atoms with Crippen LogP contribution in [0.15, 0.2) is 41.9 Å². The molecule has 0 spiro atoms. The smallest absolute Gasteiger partial charge is 0.324 e. The van der Waals surface area contributed by atoms with Crippen LogP contribution in [0.1, 0.15) is 75.7 Å². The summed E-state index contributed by atoms with van der Waals surface area (Å²) in [5, 5.41) is 8.36. The highest BCUT2D eigenvalue weighted by atomic mass is 32.1. The van der Waals surface area contributed by atoms with Gasteiger partial charge >= 0.3 is 5.97 Å². The Hall–Kier alpha value is -4.17. The van der Waals surface area contributed by atoms with Crippen LogP contribution >= 0.6 is 11.3 Å². The van der Waals surface area contributed by atoms with E-state index in [1.807, 2.05) is 18.4 Å². The van der Waals surface area contributed by atoms with Crippen molar-refractivity contribution < 1.29 is 28.6 Å². The molecule has 4 aromatic rings. The second-order valence-corrected chi connectivity index (χ2v) is 16.2. The first-order valence-electron chi connectivity index (χ1n) is 18.7. The lowest BCUT2D eigenvalue weighted by Gasteiger charge is -2.37. The van der Waals surface area contributed by atoms with Crippen molar-refractivity contribution in [1.29, 1.82) is 0 Å². The summed E-state index contributed by atoms with van der Waals surface area (Å²) in [5.74, 6) is -1.08. The molecule has 12 nitrogen and oxygen atoms in total. The van der Waals surface area contributed by atoms with Gasteiger partial charge in [-0.1, -0.05) is 19.9 Å². The standard InChI is InChI=1S/C40H50N6O6S/c1-7-45-33-13-12-24-18-28(33)29(36(45)27-10-8-14-41-35(27)23(2)50-5)20-40(3,4)22-52-39(49)30-11-9-15-46(44-30)38(48)31(19-34-42-32(24)21-53-34)43-37(47)25-16-26(17-25)51-6/h8,10,12-14,18,21,23,25-26,30-31,44H,7,9,11,15-17,19-20,22H2,1-6H3,(H,43,47)/t23-,25?,26?,30-,31-/m0/s1. The molecule has 0 unspecified atom stereocenters. The zero-order valence-electron chi connectivity index (χ0n) is 31.4. The number of aromatic nitrogens is 3. The third-order valence-corrected chi connectivity index (χ3v) is 11.8. The van der Waals surface area contributed by atoms with Gasteiger partial charge in [0.15, 0.2) is 0 Å². The molecule has 5 heterocycles. The lowest BCUT2D eigenvalue weighted by atomic mass is 9.81. The van der Waals surface area contributed by atoms with Crippen LogP contribution in [0.3, 0.4) is 0 Å². The molecule has 2 amide bonds. The van der Waals surface area contributed by atoms with E-state index in [-0.39, 0.29) is 43.0 Å². The zero-order valence-corrected chi connectivity index (χ0v) is 32.3. The first-order chi connectivity index (χ1) is 25.5. The highest BCUT2D eigenvalue weighted by Gasteiger charge is 2.39. The number of carbonyl (C=O) groups excluding carboxylic acids is 3. The molecule has 2 aliphatic heterocycles. The molecule has 2 N–H and O–H groups in total. The molecule has 2 fully saturated rings. The first-order valence-corrected chi connectivity index (χ1v) is 19.5. The number of nitrogens with zero attached hydrogens (tertiary/aromatic N) is 4. The number of rotatable bonds is 7. The number of esters is 1. The van der Waals surface area contributed by atoms with Gasteiger partial charge in [-0.15, -0.1) is 11.3 Å². The van der Waals surface area contributed by atoms with Crippen LogP contribution in [-0.4, -0.2) is 82.9 Å². The molecule has 3 aliphatic rings. The molecule has 3 aromatic heterocycles. The van der Waals surface area contributed by atoms with E-state index in [1.165, 1.54) is 16.3 Å². The topological polar surface area (TPSA) is 137 Å². The molecule has 1 aromatic carbocycles. The van der Waals surface area contributed by atoms with E-state index in [0.29, 0.717) is 38.6 Å². The number of ether oxygens (including phenoxy) is 3. The average molecular weight is 743 g/mol. The largest absolute Gasteiger partial charge is 0.464 e. The molecule has 3 atom stereocenters. The number of carbonyl (C=O) groups is 3. The Morgan fingerprint density at radius 2 is 2.02 bits per heavy atom. The molecule has 282 valence electrons. The Morgan fingerprint density at radius 1 is 1.21 bits per heavy atom. The summed E-state index contributed by atoms with van der Waals surface area (Å²) in [6, 6.07) is 8.98. The van der Waals surface area contributed by atoms with Crippen molar-refractivity contribution in [2.24, 2.45) is 11.3 Å². The minimum atomic E-state index is -0.860. The number of hydrogen-bond donors (Lipinski definition) is 2. The fourth-order valence-electron chi connectivity index (χ4n) is 7.83. The molecule has 6 bridgehead atoms. The van der Waals surface area contributed by atoms with Crippen molar-refractivity contribution in [1.82, 2.24) is 30.3 Å². The number of nitrogens with one attached hydrogen (secondary N) is 2. The number of pyridine rings is 1. The van der Waals surface area contributed by atoms with Crippen molar-refractivity contribution in [3.8, 4) is 22.5 Å². The van der Waals surface area contributed by atoms with Crippen LogP contribution in [0.2, 0.25) is 0 Å². The normalized spacial score (nSPS) is 23.9. The fourth-order valence-corrected chi connectivity index (χ4v) is 8.68. The Bertz CT molecular complexity index is 2000. The molecule has 1 saturated heterocycles. The Kier molecular flexibility index (Phi) is 10.7. The molecule has 0 radical (unpaired) electrons. The van der Waals surface area contributed by atoms with Gasteiger partial charge in [-0.25, -0.2) is 10.4 Å². The SMILES string of the molecule is CCn1c(-c2cccnc2[C@H](C)OC)c2c3cc(ccc31)-c1csc(n1)C[C@H](NC(=O)C1CC(OC)C1)C(=O)N1CCC[C@H](N1)C(=O)OCC(C)(C)C2. The van der Waals surface area contributed by atoms with Gasteiger partial charge in [0.05, 0.1) is 40.9 Å². The number of hydrogen-bond acceptors (Lipinski definition) is 10. The van der Waals surface area contributed by atoms with Gasteiger partial charge in [0, 0.05) is 78.7 Å². The van der Waals surface area contributed by atoms with E-state index >= 15 is 0 Å². The number of aryl methyl sites for hydroxylation is 1. The maximum atomic E-state index is 14.1. The summed E-state index contributed by atoms with van der Waals surface area (Å²) in [6.45, 7) is 9.72. The van der Waals surface area contributed by atoms with Crippen LogP contribution < -0.4 is 10.7 Å². The van der Waals surface area contributed by atoms with Crippen LogP contribution in [0.4, 0.5) is 0 Å². The monoisotopic (exact) mass is 742 g/mol. The maximum absolute atomic E-state index is 14.1. The maximum Gasteiger partial charge on any atom is 0.324 e. The second kappa shape index (κ2) is 15.3. The molecular weight excluding hydrogens is 693 g/mol. The summed E-state index contributed by atoms with van der Waals surface area (Å²) in [4.78, 5) is 50.9. The molecule has 13 heteroatoms. The number of methoxy groups -OCH3 is 2. The number of benzene rings is 1. The summed E-state index contributed by atoms with van der Waals surface area (Å²) in [6.07, 6.45) is 4.88. The third kappa shape index (κ3) is 7.49. The van der Waals surface area contributed by atoms with E-state index in [0.717, 1.165) is 56.2 Å². The minimum Gasteiger partial charge on any atom is -0.464 e. The van der Waals surface area contributed by atoms with Crippen LogP contribution in [-0.2, 0) is 48.0 Å². The lowest BCUT2D eigenvalue weighted by Crippen LogP contribution is -2.61. The van der Waals surface area contributed by atoms with Crippen LogP contribution in [0, 0.1) is 11.3 Å². The Labute approximate surface area is 314 Å². The highest BCUT2D eigenvalue weighted by molar-refractivity contribution is 7.10. The van der Waals surface area contributed by atoms with E-state index in [2.05, 4.69) is 60.3 Å². The number of hydrazine groups is 1. The zero-order chi connectivity index (χ0) is 37.4. The number of thiazole rings is 1. The summed E-state index contributed by atoms with van der Waals surface area (Å²) >= 11 is 1.47. The summed E-state index contributed by atoms with van der Waals surface area (Å²) in [7, 11) is 3.34. The van der Waals surface area contributed by atoms with E-state index < -0.39 is 23.5 Å².